The summed E-state index contributed by atoms with van der Waals surface area (Å²) in [5.74, 6) is -0.245. The third-order valence-electron chi connectivity index (χ3n) is 3.07. The average molecular weight is 259 g/mol. The van der Waals surface area contributed by atoms with Gasteiger partial charge >= 0.3 is 5.97 Å². The van der Waals surface area contributed by atoms with Crippen molar-refractivity contribution >= 4 is 22.7 Å². The molecule has 1 unspecified atom stereocenters. The molecule has 0 aliphatic rings. The summed E-state index contributed by atoms with van der Waals surface area (Å²) < 4.78 is 0. The molecule has 0 aliphatic carbocycles. The van der Waals surface area contributed by atoms with Crippen LogP contribution in [0.5, 0.6) is 0 Å². The molecular weight excluding hydrogens is 242 g/mol. The molecule has 2 rings (SSSR count). The summed E-state index contributed by atoms with van der Waals surface area (Å²) in [6, 6.07) is 7.79. The van der Waals surface area contributed by atoms with Crippen LogP contribution in [0.2, 0.25) is 0 Å². The van der Waals surface area contributed by atoms with Gasteiger partial charge in [-0.2, -0.15) is 0 Å². The molecule has 0 amide bonds. The van der Waals surface area contributed by atoms with Crippen molar-refractivity contribution in [1.82, 2.24) is 9.97 Å². The van der Waals surface area contributed by atoms with Crippen molar-refractivity contribution in [3.63, 3.8) is 0 Å². The Balaban J connectivity index is 1.93. The number of hydrogen-bond donors (Lipinski definition) is 2. The zero-order valence-corrected chi connectivity index (χ0v) is 10.8. The second-order valence-electron chi connectivity index (χ2n) is 4.55. The normalized spacial score (nSPS) is 12.3. The van der Waals surface area contributed by atoms with Crippen LogP contribution in [0.25, 0.3) is 10.9 Å². The lowest BCUT2D eigenvalue weighted by Crippen LogP contribution is -2.12. The molecular formula is C14H17N3O2. The fourth-order valence-corrected chi connectivity index (χ4v) is 1.88. The number of para-hydroxylation sites is 1. The van der Waals surface area contributed by atoms with E-state index in [0.717, 1.165) is 23.1 Å². The highest BCUT2D eigenvalue weighted by Gasteiger charge is 2.09. The SMILES string of the molecule is CC(CCCNc1ncnc2ccccc12)C(=O)O. The molecule has 2 N–H and O–H groups in total. The molecule has 19 heavy (non-hydrogen) atoms. The number of carboxylic acid groups (broad SMARTS) is 1. The van der Waals surface area contributed by atoms with E-state index < -0.39 is 5.97 Å². The number of nitrogens with one attached hydrogen (secondary N) is 1. The minimum Gasteiger partial charge on any atom is -0.481 e. The van der Waals surface area contributed by atoms with Crippen molar-refractivity contribution < 1.29 is 9.90 Å². The van der Waals surface area contributed by atoms with E-state index in [-0.39, 0.29) is 5.92 Å². The molecule has 5 nitrogen and oxygen atoms in total. The van der Waals surface area contributed by atoms with Crippen LogP contribution in [0.15, 0.2) is 30.6 Å². The number of hydrogen-bond acceptors (Lipinski definition) is 4. The first-order chi connectivity index (χ1) is 9.18. The summed E-state index contributed by atoms with van der Waals surface area (Å²) in [7, 11) is 0. The van der Waals surface area contributed by atoms with Crippen molar-refractivity contribution in [2.75, 3.05) is 11.9 Å². The highest BCUT2D eigenvalue weighted by atomic mass is 16.4. The molecule has 0 saturated heterocycles. The predicted molar refractivity (Wildman–Crippen MR) is 74.1 cm³/mol. The van der Waals surface area contributed by atoms with Crippen molar-refractivity contribution in [2.45, 2.75) is 19.8 Å². The average Bonchev–Trinajstić information content (AvgIpc) is 2.43. The van der Waals surface area contributed by atoms with E-state index in [4.69, 9.17) is 5.11 Å². The Morgan fingerprint density at radius 2 is 2.16 bits per heavy atom. The number of carboxylic acids is 1. The molecule has 0 fully saturated rings. The Kier molecular flexibility index (Phi) is 4.28. The molecule has 1 aromatic carbocycles. The first-order valence-corrected chi connectivity index (χ1v) is 6.35. The molecule has 1 atom stereocenters. The zero-order chi connectivity index (χ0) is 13.7. The summed E-state index contributed by atoms with van der Waals surface area (Å²) in [6.07, 6.45) is 2.99. The summed E-state index contributed by atoms with van der Waals surface area (Å²) in [5, 5.41) is 13.0. The monoisotopic (exact) mass is 259 g/mol. The standard InChI is InChI=1S/C14H17N3O2/c1-10(14(18)19)5-4-8-15-13-11-6-2-3-7-12(11)16-9-17-13/h2-3,6-7,9-10H,4-5,8H2,1H3,(H,18,19)(H,15,16,17). The topological polar surface area (TPSA) is 75.1 Å². The van der Waals surface area contributed by atoms with Gasteiger partial charge in [-0.1, -0.05) is 19.1 Å². The largest absolute Gasteiger partial charge is 0.481 e. The molecule has 0 aliphatic heterocycles. The second-order valence-corrected chi connectivity index (χ2v) is 4.55. The van der Waals surface area contributed by atoms with Crippen LogP contribution >= 0.6 is 0 Å². The Morgan fingerprint density at radius 3 is 2.95 bits per heavy atom. The smallest absolute Gasteiger partial charge is 0.306 e. The summed E-state index contributed by atoms with van der Waals surface area (Å²) in [5.41, 5.74) is 0.902. The van der Waals surface area contributed by atoms with E-state index in [1.807, 2.05) is 24.3 Å². The summed E-state index contributed by atoms with van der Waals surface area (Å²) >= 11 is 0. The van der Waals surface area contributed by atoms with Crippen LogP contribution in [0, 0.1) is 5.92 Å². The zero-order valence-electron chi connectivity index (χ0n) is 10.8. The van der Waals surface area contributed by atoms with E-state index in [0.29, 0.717) is 13.0 Å². The number of aromatic nitrogens is 2. The molecule has 5 heteroatoms. The first kappa shape index (κ1) is 13.3. The fourth-order valence-electron chi connectivity index (χ4n) is 1.88. The number of aliphatic carboxylic acids is 1. The lowest BCUT2D eigenvalue weighted by atomic mass is 10.1. The van der Waals surface area contributed by atoms with Crippen LogP contribution in [0.1, 0.15) is 19.8 Å². The Labute approximate surface area is 111 Å². The van der Waals surface area contributed by atoms with Gasteiger partial charge in [0.15, 0.2) is 0 Å². The second kappa shape index (κ2) is 6.13. The Hall–Kier alpha value is -2.17. The maximum atomic E-state index is 10.7. The minimum absolute atomic E-state index is 0.302. The lowest BCUT2D eigenvalue weighted by Gasteiger charge is -2.09. The van der Waals surface area contributed by atoms with Gasteiger partial charge in [-0.15, -0.1) is 0 Å². The van der Waals surface area contributed by atoms with Crippen LogP contribution in [-0.2, 0) is 4.79 Å². The van der Waals surface area contributed by atoms with Gasteiger partial charge in [-0.25, -0.2) is 9.97 Å². The van der Waals surface area contributed by atoms with E-state index in [2.05, 4.69) is 15.3 Å². The highest BCUT2D eigenvalue weighted by Crippen LogP contribution is 2.18. The minimum atomic E-state index is -0.743. The summed E-state index contributed by atoms with van der Waals surface area (Å²) in [6.45, 7) is 2.43. The lowest BCUT2D eigenvalue weighted by molar-refractivity contribution is -0.141. The van der Waals surface area contributed by atoms with E-state index in [1.54, 1.807) is 6.92 Å². The number of benzene rings is 1. The van der Waals surface area contributed by atoms with Crippen molar-refractivity contribution in [1.29, 1.82) is 0 Å². The molecule has 1 aromatic heterocycles. The molecule has 0 radical (unpaired) electrons. The number of fused-ring (bicyclic) bond motifs is 1. The van der Waals surface area contributed by atoms with Gasteiger partial charge in [0.2, 0.25) is 0 Å². The number of carbonyl (C=O) groups is 1. The Morgan fingerprint density at radius 1 is 1.37 bits per heavy atom. The number of nitrogens with zero attached hydrogens (tertiary/aromatic N) is 2. The van der Waals surface area contributed by atoms with Gasteiger partial charge in [0.05, 0.1) is 11.4 Å². The van der Waals surface area contributed by atoms with E-state index >= 15 is 0 Å². The molecule has 1 heterocycles. The van der Waals surface area contributed by atoms with Gasteiger partial charge in [-0.05, 0) is 25.0 Å². The molecule has 0 bridgehead atoms. The van der Waals surface area contributed by atoms with E-state index in [9.17, 15) is 4.79 Å². The number of rotatable bonds is 6. The quantitative estimate of drug-likeness (QED) is 0.780. The number of anilines is 1. The predicted octanol–water partition coefficient (Wildman–Crippen LogP) is 2.54. The van der Waals surface area contributed by atoms with Crippen molar-refractivity contribution in [3.05, 3.63) is 30.6 Å². The van der Waals surface area contributed by atoms with Crippen LogP contribution in [0.4, 0.5) is 5.82 Å². The first-order valence-electron chi connectivity index (χ1n) is 6.35. The van der Waals surface area contributed by atoms with Gasteiger partial charge < -0.3 is 10.4 Å². The third kappa shape index (κ3) is 3.40. The molecule has 2 aromatic rings. The van der Waals surface area contributed by atoms with Gasteiger partial charge in [0.1, 0.15) is 12.1 Å². The van der Waals surface area contributed by atoms with Gasteiger partial charge in [0, 0.05) is 11.9 Å². The Bertz CT molecular complexity index is 566. The molecule has 100 valence electrons. The third-order valence-corrected chi connectivity index (χ3v) is 3.07. The fraction of sp³-hybridized carbons (Fsp3) is 0.357. The maximum absolute atomic E-state index is 10.7. The van der Waals surface area contributed by atoms with Gasteiger partial charge in [0.25, 0.3) is 0 Å². The molecule has 0 saturated carbocycles. The van der Waals surface area contributed by atoms with Crippen molar-refractivity contribution in [3.8, 4) is 0 Å². The summed E-state index contributed by atoms with van der Waals surface area (Å²) in [4.78, 5) is 19.1. The van der Waals surface area contributed by atoms with E-state index in [1.165, 1.54) is 6.33 Å². The highest BCUT2D eigenvalue weighted by molar-refractivity contribution is 5.88. The van der Waals surface area contributed by atoms with Crippen LogP contribution in [0.3, 0.4) is 0 Å². The van der Waals surface area contributed by atoms with Gasteiger partial charge in [-0.3, -0.25) is 4.79 Å². The molecule has 0 spiro atoms. The van der Waals surface area contributed by atoms with Crippen LogP contribution < -0.4 is 5.32 Å². The van der Waals surface area contributed by atoms with Crippen LogP contribution in [-0.4, -0.2) is 27.6 Å². The van der Waals surface area contributed by atoms with Crippen molar-refractivity contribution in [2.24, 2.45) is 5.92 Å². The maximum Gasteiger partial charge on any atom is 0.306 e.